The van der Waals surface area contributed by atoms with E-state index in [0.717, 1.165) is 24.3 Å². The van der Waals surface area contributed by atoms with E-state index in [1.54, 1.807) is 0 Å². The summed E-state index contributed by atoms with van der Waals surface area (Å²) in [6, 6.07) is 4.02. The lowest BCUT2D eigenvalue weighted by atomic mass is 10.1. The summed E-state index contributed by atoms with van der Waals surface area (Å²) in [6.07, 6.45) is 0.183. The third kappa shape index (κ3) is 3.43. The molecule has 2 heterocycles. The summed E-state index contributed by atoms with van der Waals surface area (Å²) in [7, 11) is 0. The first-order valence-corrected chi connectivity index (χ1v) is 6.47. The molecule has 2 atom stereocenters. The van der Waals surface area contributed by atoms with Gasteiger partial charge in [-0.1, -0.05) is 0 Å². The fraction of sp³-hybridized carbons (Fsp3) is 0.571. The Morgan fingerprint density at radius 3 is 3.00 bits per heavy atom. The van der Waals surface area contributed by atoms with E-state index in [1.807, 2.05) is 26.8 Å². The molecule has 1 aliphatic rings. The summed E-state index contributed by atoms with van der Waals surface area (Å²) >= 11 is 0. The van der Waals surface area contributed by atoms with Crippen molar-refractivity contribution in [2.75, 3.05) is 19.7 Å². The Labute approximate surface area is 113 Å². The normalized spacial score (nSPS) is 22.8. The van der Waals surface area contributed by atoms with E-state index in [0.29, 0.717) is 18.1 Å². The van der Waals surface area contributed by atoms with Crippen molar-refractivity contribution in [1.29, 1.82) is 5.26 Å². The smallest absolute Gasteiger partial charge is 0.232 e. The average Bonchev–Trinajstić information content (AvgIpc) is 2.36. The molecule has 2 unspecified atom stereocenters. The lowest BCUT2D eigenvalue weighted by molar-refractivity contribution is -0.0477. The first kappa shape index (κ1) is 13.8. The van der Waals surface area contributed by atoms with Crippen molar-refractivity contribution in [2.24, 2.45) is 0 Å². The van der Waals surface area contributed by atoms with Crippen LogP contribution in [0.3, 0.4) is 0 Å². The molecule has 1 aromatic rings. The highest BCUT2D eigenvalue weighted by Crippen LogP contribution is 2.20. The molecule has 102 valence electrons. The predicted octanol–water partition coefficient (Wildman–Crippen LogP) is 1.33. The van der Waals surface area contributed by atoms with E-state index in [2.05, 4.69) is 16.4 Å². The molecule has 0 aromatic carbocycles. The number of rotatable bonds is 3. The molecule has 2 rings (SSSR count). The molecule has 0 radical (unpaired) electrons. The highest BCUT2D eigenvalue weighted by molar-refractivity contribution is 5.45. The lowest BCUT2D eigenvalue weighted by Gasteiger charge is -2.28. The molecular weight excluding hydrogens is 242 g/mol. The van der Waals surface area contributed by atoms with Gasteiger partial charge in [0.2, 0.25) is 5.88 Å². The summed E-state index contributed by atoms with van der Waals surface area (Å²) in [5, 5.41) is 12.4. The molecule has 0 amide bonds. The number of nitrogens with one attached hydrogen (secondary N) is 1. The van der Waals surface area contributed by atoms with Crippen LogP contribution in [-0.2, 0) is 4.74 Å². The zero-order valence-electron chi connectivity index (χ0n) is 11.6. The zero-order chi connectivity index (χ0) is 13.8. The minimum Gasteiger partial charge on any atom is -0.474 e. The Morgan fingerprint density at radius 2 is 2.32 bits per heavy atom. The number of hydrogen-bond acceptors (Lipinski definition) is 5. The first-order chi connectivity index (χ1) is 9.10. The van der Waals surface area contributed by atoms with Crippen LogP contribution in [0.4, 0.5) is 0 Å². The van der Waals surface area contributed by atoms with Gasteiger partial charge < -0.3 is 14.8 Å². The van der Waals surface area contributed by atoms with Gasteiger partial charge in [-0.3, -0.25) is 0 Å². The fourth-order valence-electron chi connectivity index (χ4n) is 2.19. The molecule has 1 saturated heterocycles. The standard InChI is InChI=1S/C14H19N3O2/c1-9-4-10(2)17-14(13(9)5-15)18-8-12-7-16-6-11(3)19-12/h4,11-12,16H,6-8H2,1-3H3. The van der Waals surface area contributed by atoms with Crippen LogP contribution in [0.2, 0.25) is 0 Å². The Kier molecular flexibility index (Phi) is 4.35. The third-order valence-corrected chi connectivity index (χ3v) is 3.06. The number of nitriles is 1. The Hall–Kier alpha value is -1.64. The van der Waals surface area contributed by atoms with Gasteiger partial charge in [0.1, 0.15) is 24.3 Å². The van der Waals surface area contributed by atoms with Gasteiger partial charge in [-0.15, -0.1) is 0 Å². The van der Waals surface area contributed by atoms with Gasteiger partial charge in [-0.2, -0.15) is 5.26 Å². The molecule has 0 spiro atoms. The highest BCUT2D eigenvalue weighted by atomic mass is 16.5. The van der Waals surface area contributed by atoms with Crippen molar-refractivity contribution in [3.63, 3.8) is 0 Å². The van der Waals surface area contributed by atoms with Crippen LogP contribution in [0.15, 0.2) is 6.07 Å². The summed E-state index contributed by atoms with van der Waals surface area (Å²) in [5.74, 6) is 0.404. The summed E-state index contributed by atoms with van der Waals surface area (Å²) in [5.41, 5.74) is 2.24. The molecule has 1 fully saturated rings. The summed E-state index contributed by atoms with van der Waals surface area (Å²) < 4.78 is 11.4. The van der Waals surface area contributed by atoms with Crippen molar-refractivity contribution in [3.8, 4) is 11.9 Å². The van der Waals surface area contributed by atoms with Crippen molar-refractivity contribution in [3.05, 3.63) is 22.9 Å². The average molecular weight is 261 g/mol. The van der Waals surface area contributed by atoms with Crippen molar-refractivity contribution < 1.29 is 9.47 Å². The predicted molar refractivity (Wildman–Crippen MR) is 71.1 cm³/mol. The van der Waals surface area contributed by atoms with Crippen LogP contribution in [0, 0.1) is 25.2 Å². The number of nitrogens with zero attached hydrogens (tertiary/aromatic N) is 2. The number of morpholine rings is 1. The van der Waals surface area contributed by atoms with E-state index in [4.69, 9.17) is 14.7 Å². The Bertz CT molecular complexity index is 496. The second-order valence-electron chi connectivity index (χ2n) is 4.91. The van der Waals surface area contributed by atoms with E-state index in [9.17, 15) is 0 Å². The van der Waals surface area contributed by atoms with Crippen molar-refractivity contribution >= 4 is 0 Å². The molecule has 1 N–H and O–H groups in total. The van der Waals surface area contributed by atoms with Gasteiger partial charge in [-0.05, 0) is 32.4 Å². The largest absolute Gasteiger partial charge is 0.474 e. The maximum absolute atomic E-state index is 9.16. The maximum Gasteiger partial charge on any atom is 0.232 e. The zero-order valence-corrected chi connectivity index (χ0v) is 11.6. The van der Waals surface area contributed by atoms with Gasteiger partial charge in [0, 0.05) is 18.8 Å². The van der Waals surface area contributed by atoms with E-state index in [-0.39, 0.29) is 12.2 Å². The molecule has 19 heavy (non-hydrogen) atoms. The minimum atomic E-state index is -0.00193. The second-order valence-corrected chi connectivity index (χ2v) is 4.91. The van der Waals surface area contributed by atoms with Crippen molar-refractivity contribution in [2.45, 2.75) is 33.0 Å². The number of pyridine rings is 1. The van der Waals surface area contributed by atoms with Gasteiger partial charge >= 0.3 is 0 Å². The second kappa shape index (κ2) is 6.00. The third-order valence-electron chi connectivity index (χ3n) is 3.06. The quantitative estimate of drug-likeness (QED) is 0.889. The van der Waals surface area contributed by atoms with Gasteiger partial charge in [0.25, 0.3) is 0 Å². The highest BCUT2D eigenvalue weighted by Gasteiger charge is 2.20. The number of aromatic nitrogens is 1. The molecule has 1 aromatic heterocycles. The van der Waals surface area contributed by atoms with E-state index in [1.165, 1.54) is 0 Å². The van der Waals surface area contributed by atoms with Crippen LogP contribution in [0.1, 0.15) is 23.7 Å². The molecule has 5 heteroatoms. The fourth-order valence-corrected chi connectivity index (χ4v) is 2.19. The van der Waals surface area contributed by atoms with E-state index >= 15 is 0 Å². The lowest BCUT2D eigenvalue weighted by Crippen LogP contribution is -2.45. The van der Waals surface area contributed by atoms with Crippen LogP contribution >= 0.6 is 0 Å². The molecule has 0 bridgehead atoms. The topological polar surface area (TPSA) is 67.2 Å². The molecule has 0 aliphatic carbocycles. The van der Waals surface area contributed by atoms with E-state index < -0.39 is 0 Å². The molecule has 0 saturated carbocycles. The number of aryl methyl sites for hydroxylation is 2. The summed E-state index contributed by atoms with van der Waals surface area (Å²) in [4.78, 5) is 4.29. The number of ether oxygens (including phenoxy) is 2. The van der Waals surface area contributed by atoms with Crippen LogP contribution in [0.25, 0.3) is 0 Å². The maximum atomic E-state index is 9.16. The molecule has 5 nitrogen and oxygen atoms in total. The minimum absolute atomic E-state index is 0.00193. The molecular formula is C14H19N3O2. The van der Waals surface area contributed by atoms with Crippen LogP contribution in [0.5, 0.6) is 5.88 Å². The van der Waals surface area contributed by atoms with Gasteiger partial charge in [0.15, 0.2) is 0 Å². The van der Waals surface area contributed by atoms with Crippen molar-refractivity contribution in [1.82, 2.24) is 10.3 Å². The number of hydrogen-bond donors (Lipinski definition) is 1. The molecule has 1 aliphatic heterocycles. The SMILES string of the molecule is Cc1cc(C)c(C#N)c(OCC2CNCC(C)O2)n1. The van der Waals surface area contributed by atoms with Crippen LogP contribution in [-0.4, -0.2) is 36.9 Å². The van der Waals surface area contributed by atoms with Gasteiger partial charge in [0.05, 0.1) is 6.10 Å². The van der Waals surface area contributed by atoms with Crippen LogP contribution < -0.4 is 10.1 Å². The van der Waals surface area contributed by atoms with Gasteiger partial charge in [-0.25, -0.2) is 4.98 Å². The monoisotopic (exact) mass is 261 g/mol. The Morgan fingerprint density at radius 1 is 1.53 bits per heavy atom. The summed E-state index contributed by atoms with van der Waals surface area (Å²) in [6.45, 7) is 7.83. The Balaban J connectivity index is 2.05. The first-order valence-electron chi connectivity index (χ1n) is 6.47.